The first-order valence-corrected chi connectivity index (χ1v) is 6.32. The van der Waals surface area contributed by atoms with E-state index in [-0.39, 0.29) is 5.56 Å². The first-order valence-electron chi connectivity index (χ1n) is 6.32. The molecule has 1 aliphatic carbocycles. The summed E-state index contributed by atoms with van der Waals surface area (Å²) >= 11 is 0. The van der Waals surface area contributed by atoms with Crippen LogP contribution in [-0.2, 0) is 11.8 Å². The Kier molecular flexibility index (Phi) is 3.60. The van der Waals surface area contributed by atoms with Crippen molar-refractivity contribution < 1.29 is 22.7 Å². The summed E-state index contributed by atoms with van der Waals surface area (Å²) in [5, 5.41) is 10.4. The maximum Gasteiger partial charge on any atom is 0.416 e. The molecule has 5 heteroatoms. The smallest absolute Gasteiger partial charge is 0.385 e. The van der Waals surface area contributed by atoms with Gasteiger partial charge in [0.1, 0.15) is 5.82 Å². The van der Waals surface area contributed by atoms with Crippen LogP contribution in [0, 0.1) is 11.7 Å². The van der Waals surface area contributed by atoms with Crippen LogP contribution in [0.5, 0.6) is 0 Å². The van der Waals surface area contributed by atoms with E-state index >= 15 is 0 Å². The molecule has 1 aromatic rings. The molecule has 1 aromatic carbocycles. The molecule has 106 valence electrons. The van der Waals surface area contributed by atoms with Gasteiger partial charge in [-0.05, 0) is 49.8 Å². The molecule has 0 spiro atoms. The molecule has 1 nitrogen and oxygen atoms in total. The zero-order valence-corrected chi connectivity index (χ0v) is 10.6. The van der Waals surface area contributed by atoms with Crippen LogP contribution in [0.4, 0.5) is 17.6 Å². The largest absolute Gasteiger partial charge is 0.416 e. The summed E-state index contributed by atoms with van der Waals surface area (Å²) in [5.74, 6) is -0.362. The van der Waals surface area contributed by atoms with E-state index in [0.717, 1.165) is 12.1 Å². The van der Waals surface area contributed by atoms with Crippen molar-refractivity contribution in [1.29, 1.82) is 0 Å². The average molecular weight is 276 g/mol. The summed E-state index contributed by atoms with van der Waals surface area (Å²) in [6, 6.07) is 2.23. The molecule has 0 aromatic heterocycles. The van der Waals surface area contributed by atoms with Crippen molar-refractivity contribution in [3.8, 4) is 0 Å². The molecule has 0 atom stereocenters. The first-order chi connectivity index (χ1) is 8.72. The van der Waals surface area contributed by atoms with Crippen LogP contribution in [0.3, 0.4) is 0 Å². The lowest BCUT2D eigenvalue weighted by molar-refractivity contribution is -0.137. The standard InChI is InChI=1S/C14H16F4O/c1-9-4-6-13(19,7-5-9)11-8-10(14(16,17)18)2-3-12(11)15/h2-3,8-9,19H,4-7H2,1H3. The van der Waals surface area contributed by atoms with E-state index in [1.165, 1.54) is 0 Å². The van der Waals surface area contributed by atoms with Crippen molar-refractivity contribution in [2.24, 2.45) is 5.92 Å². The van der Waals surface area contributed by atoms with Gasteiger partial charge in [-0.15, -0.1) is 0 Å². The summed E-state index contributed by atoms with van der Waals surface area (Å²) in [4.78, 5) is 0. The Hall–Kier alpha value is -1.10. The van der Waals surface area contributed by atoms with E-state index in [1.54, 1.807) is 0 Å². The lowest BCUT2D eigenvalue weighted by Gasteiger charge is -2.35. The highest BCUT2D eigenvalue weighted by Crippen LogP contribution is 2.42. The van der Waals surface area contributed by atoms with Gasteiger partial charge in [0.2, 0.25) is 0 Å². The minimum absolute atomic E-state index is 0.228. The maximum absolute atomic E-state index is 13.8. The average Bonchev–Trinajstić information content (AvgIpc) is 2.32. The minimum atomic E-state index is -4.53. The van der Waals surface area contributed by atoms with Crippen LogP contribution in [-0.4, -0.2) is 5.11 Å². The van der Waals surface area contributed by atoms with Crippen molar-refractivity contribution >= 4 is 0 Å². The highest BCUT2D eigenvalue weighted by atomic mass is 19.4. The zero-order chi connectivity index (χ0) is 14.3. The summed E-state index contributed by atoms with van der Waals surface area (Å²) in [7, 11) is 0. The highest BCUT2D eigenvalue weighted by molar-refractivity contribution is 5.31. The Bertz CT molecular complexity index is 459. The van der Waals surface area contributed by atoms with Crippen molar-refractivity contribution in [1.82, 2.24) is 0 Å². The van der Waals surface area contributed by atoms with Gasteiger partial charge in [0.05, 0.1) is 11.2 Å². The second-order valence-corrected chi connectivity index (χ2v) is 5.41. The van der Waals surface area contributed by atoms with Gasteiger partial charge in [0.25, 0.3) is 0 Å². The van der Waals surface area contributed by atoms with E-state index < -0.39 is 23.2 Å². The normalized spacial score (nSPS) is 28.4. The third-order valence-electron chi connectivity index (χ3n) is 3.90. The van der Waals surface area contributed by atoms with E-state index in [9.17, 15) is 22.7 Å². The highest BCUT2D eigenvalue weighted by Gasteiger charge is 2.38. The van der Waals surface area contributed by atoms with Gasteiger partial charge in [-0.2, -0.15) is 13.2 Å². The van der Waals surface area contributed by atoms with Crippen molar-refractivity contribution in [3.05, 3.63) is 35.1 Å². The fourth-order valence-electron chi connectivity index (χ4n) is 2.57. The molecule has 1 saturated carbocycles. The van der Waals surface area contributed by atoms with Gasteiger partial charge >= 0.3 is 6.18 Å². The third kappa shape index (κ3) is 2.91. The van der Waals surface area contributed by atoms with E-state index in [0.29, 0.717) is 37.7 Å². The van der Waals surface area contributed by atoms with Crippen molar-refractivity contribution in [2.75, 3.05) is 0 Å². The van der Waals surface area contributed by atoms with Crippen molar-refractivity contribution in [3.63, 3.8) is 0 Å². The summed E-state index contributed by atoms with van der Waals surface area (Å²) in [6.07, 6.45) is -2.56. The number of aliphatic hydroxyl groups is 1. The fourth-order valence-corrected chi connectivity index (χ4v) is 2.57. The van der Waals surface area contributed by atoms with E-state index in [4.69, 9.17) is 0 Å². The lowest BCUT2D eigenvalue weighted by Crippen LogP contribution is -2.32. The Morgan fingerprint density at radius 2 is 1.79 bits per heavy atom. The van der Waals surface area contributed by atoms with Crippen LogP contribution in [0.25, 0.3) is 0 Å². The van der Waals surface area contributed by atoms with Gasteiger partial charge < -0.3 is 5.11 Å². The summed E-state index contributed by atoms with van der Waals surface area (Å²) < 4.78 is 51.7. The van der Waals surface area contributed by atoms with Crippen LogP contribution < -0.4 is 0 Å². The molecule has 0 bridgehead atoms. The molecule has 0 unspecified atom stereocenters. The zero-order valence-electron chi connectivity index (χ0n) is 10.6. The number of benzene rings is 1. The second kappa shape index (κ2) is 4.78. The summed E-state index contributed by atoms with van der Waals surface area (Å²) in [6.45, 7) is 2.02. The van der Waals surface area contributed by atoms with Crippen LogP contribution in [0.2, 0.25) is 0 Å². The minimum Gasteiger partial charge on any atom is -0.385 e. The van der Waals surface area contributed by atoms with Gasteiger partial charge in [-0.1, -0.05) is 6.92 Å². The van der Waals surface area contributed by atoms with Crippen LogP contribution >= 0.6 is 0 Å². The van der Waals surface area contributed by atoms with Gasteiger partial charge in [0, 0.05) is 5.56 Å². The van der Waals surface area contributed by atoms with Gasteiger partial charge in [0.15, 0.2) is 0 Å². The molecule has 0 radical (unpaired) electrons. The molecule has 0 amide bonds. The first kappa shape index (κ1) is 14.3. The Labute approximate surface area is 109 Å². The molecular formula is C14H16F4O. The molecule has 2 rings (SSSR count). The third-order valence-corrected chi connectivity index (χ3v) is 3.90. The van der Waals surface area contributed by atoms with Crippen LogP contribution in [0.15, 0.2) is 18.2 Å². The van der Waals surface area contributed by atoms with E-state index in [1.807, 2.05) is 6.92 Å². The Balaban J connectivity index is 2.38. The number of rotatable bonds is 1. The molecule has 0 heterocycles. The Morgan fingerprint density at radius 3 is 2.32 bits per heavy atom. The molecular weight excluding hydrogens is 260 g/mol. The SMILES string of the molecule is CC1CCC(O)(c2cc(C(F)(F)F)ccc2F)CC1. The topological polar surface area (TPSA) is 20.2 Å². The quantitative estimate of drug-likeness (QED) is 0.760. The predicted molar refractivity (Wildman–Crippen MR) is 62.9 cm³/mol. The molecule has 19 heavy (non-hydrogen) atoms. The predicted octanol–water partition coefficient (Wildman–Crippen LogP) is 4.24. The van der Waals surface area contributed by atoms with Crippen LogP contribution in [0.1, 0.15) is 43.7 Å². The number of hydrogen-bond acceptors (Lipinski definition) is 1. The molecule has 1 N–H and O–H groups in total. The number of hydrogen-bond donors (Lipinski definition) is 1. The van der Waals surface area contributed by atoms with Gasteiger partial charge in [-0.25, -0.2) is 4.39 Å². The van der Waals surface area contributed by atoms with Crippen molar-refractivity contribution in [2.45, 2.75) is 44.4 Å². The lowest BCUT2D eigenvalue weighted by atomic mass is 9.75. The van der Waals surface area contributed by atoms with E-state index in [2.05, 4.69) is 0 Å². The number of halogens is 4. The summed E-state index contributed by atoms with van der Waals surface area (Å²) in [5.41, 5.74) is -2.62. The maximum atomic E-state index is 13.8. The monoisotopic (exact) mass is 276 g/mol. The fraction of sp³-hybridized carbons (Fsp3) is 0.571. The molecule has 0 saturated heterocycles. The second-order valence-electron chi connectivity index (χ2n) is 5.41. The molecule has 1 fully saturated rings. The molecule has 1 aliphatic rings. The molecule has 0 aliphatic heterocycles. The van der Waals surface area contributed by atoms with Gasteiger partial charge in [-0.3, -0.25) is 0 Å². The Morgan fingerprint density at radius 1 is 1.21 bits per heavy atom. The number of alkyl halides is 3.